The Bertz CT molecular complexity index is 440. The van der Waals surface area contributed by atoms with Crippen LogP contribution in [0.1, 0.15) is 5.56 Å². The SMILES string of the molecule is COCCN(CCO)CC(=O)Nc1ccc(C)c(Cl)c1. The van der Waals surface area contributed by atoms with E-state index in [0.717, 1.165) is 5.56 Å². The van der Waals surface area contributed by atoms with Gasteiger partial charge in [-0.1, -0.05) is 17.7 Å². The standard InChI is InChI=1S/C14H21ClN2O3/c1-11-3-4-12(9-13(11)15)16-14(19)10-17(5-7-18)6-8-20-2/h3-4,9,18H,5-8,10H2,1-2H3,(H,16,19). The number of aliphatic hydroxyl groups excluding tert-OH is 1. The number of benzene rings is 1. The van der Waals surface area contributed by atoms with E-state index in [1.165, 1.54) is 0 Å². The lowest BCUT2D eigenvalue weighted by Gasteiger charge is -2.20. The number of halogens is 1. The summed E-state index contributed by atoms with van der Waals surface area (Å²) < 4.78 is 4.97. The van der Waals surface area contributed by atoms with Gasteiger partial charge in [0, 0.05) is 30.9 Å². The molecule has 1 aromatic rings. The molecule has 5 nitrogen and oxygen atoms in total. The summed E-state index contributed by atoms with van der Waals surface area (Å²) in [6.45, 7) is 3.67. The molecule has 0 unspecified atom stereocenters. The van der Waals surface area contributed by atoms with Crippen LogP contribution in [0.5, 0.6) is 0 Å². The number of amides is 1. The molecule has 0 aromatic heterocycles. The Hall–Kier alpha value is -1.14. The van der Waals surface area contributed by atoms with E-state index >= 15 is 0 Å². The zero-order valence-corrected chi connectivity index (χ0v) is 12.6. The molecular weight excluding hydrogens is 280 g/mol. The van der Waals surface area contributed by atoms with Crippen molar-refractivity contribution in [2.24, 2.45) is 0 Å². The predicted molar refractivity (Wildman–Crippen MR) is 80.2 cm³/mol. The van der Waals surface area contributed by atoms with Gasteiger partial charge in [-0.2, -0.15) is 0 Å². The first-order chi connectivity index (χ1) is 9.56. The summed E-state index contributed by atoms with van der Waals surface area (Å²) in [7, 11) is 1.60. The van der Waals surface area contributed by atoms with Crippen LogP contribution in [-0.2, 0) is 9.53 Å². The molecule has 0 aliphatic rings. The quantitative estimate of drug-likeness (QED) is 0.764. The molecule has 0 spiro atoms. The molecule has 2 N–H and O–H groups in total. The maximum atomic E-state index is 11.9. The molecule has 20 heavy (non-hydrogen) atoms. The van der Waals surface area contributed by atoms with Gasteiger partial charge in [-0.15, -0.1) is 0 Å². The van der Waals surface area contributed by atoms with Crippen LogP contribution in [-0.4, -0.2) is 55.9 Å². The van der Waals surface area contributed by atoms with Crippen LogP contribution in [0.2, 0.25) is 5.02 Å². The van der Waals surface area contributed by atoms with Crippen molar-refractivity contribution in [3.63, 3.8) is 0 Å². The normalized spacial score (nSPS) is 10.8. The minimum Gasteiger partial charge on any atom is -0.395 e. The molecule has 6 heteroatoms. The predicted octanol–water partition coefficient (Wildman–Crippen LogP) is 1.53. The van der Waals surface area contributed by atoms with Crippen LogP contribution >= 0.6 is 11.6 Å². The summed E-state index contributed by atoms with van der Waals surface area (Å²) in [5, 5.41) is 12.4. The van der Waals surface area contributed by atoms with E-state index in [4.69, 9.17) is 21.4 Å². The third kappa shape index (κ3) is 5.88. The van der Waals surface area contributed by atoms with Gasteiger partial charge in [-0.3, -0.25) is 9.69 Å². The average molecular weight is 301 g/mol. The number of aryl methyl sites for hydroxylation is 1. The fourth-order valence-electron chi connectivity index (χ4n) is 1.71. The van der Waals surface area contributed by atoms with Crippen LogP contribution in [0.15, 0.2) is 18.2 Å². The van der Waals surface area contributed by atoms with Crippen LogP contribution in [0.4, 0.5) is 5.69 Å². The van der Waals surface area contributed by atoms with Gasteiger partial charge in [-0.25, -0.2) is 0 Å². The van der Waals surface area contributed by atoms with Gasteiger partial charge in [-0.05, 0) is 24.6 Å². The molecule has 0 fully saturated rings. The van der Waals surface area contributed by atoms with Gasteiger partial charge < -0.3 is 15.2 Å². The molecule has 0 heterocycles. The molecular formula is C14H21ClN2O3. The van der Waals surface area contributed by atoms with E-state index in [9.17, 15) is 4.79 Å². The number of aliphatic hydroxyl groups is 1. The molecule has 0 aliphatic heterocycles. The number of rotatable bonds is 8. The molecule has 0 bridgehead atoms. The molecule has 1 aromatic carbocycles. The molecule has 0 saturated heterocycles. The highest BCUT2D eigenvalue weighted by molar-refractivity contribution is 6.31. The second kappa shape index (κ2) is 8.92. The highest BCUT2D eigenvalue weighted by Crippen LogP contribution is 2.19. The van der Waals surface area contributed by atoms with Crippen molar-refractivity contribution in [3.8, 4) is 0 Å². The highest BCUT2D eigenvalue weighted by Gasteiger charge is 2.10. The number of ether oxygens (including phenoxy) is 1. The smallest absolute Gasteiger partial charge is 0.238 e. The fourth-order valence-corrected chi connectivity index (χ4v) is 1.89. The average Bonchev–Trinajstić information content (AvgIpc) is 2.40. The number of anilines is 1. The van der Waals surface area contributed by atoms with E-state index in [-0.39, 0.29) is 19.1 Å². The number of carbonyl (C=O) groups excluding carboxylic acids is 1. The lowest BCUT2D eigenvalue weighted by molar-refractivity contribution is -0.117. The van der Waals surface area contributed by atoms with Crippen molar-refractivity contribution < 1.29 is 14.6 Å². The first-order valence-electron chi connectivity index (χ1n) is 6.45. The first kappa shape index (κ1) is 16.9. The van der Waals surface area contributed by atoms with Crippen molar-refractivity contribution in [1.29, 1.82) is 0 Å². The van der Waals surface area contributed by atoms with Gasteiger partial charge in [0.25, 0.3) is 0 Å². The Balaban J connectivity index is 2.53. The van der Waals surface area contributed by atoms with E-state index in [0.29, 0.717) is 30.4 Å². The van der Waals surface area contributed by atoms with Gasteiger partial charge in [0.05, 0.1) is 19.8 Å². The van der Waals surface area contributed by atoms with Gasteiger partial charge in [0.15, 0.2) is 0 Å². The minimum absolute atomic E-state index is 0.00730. The third-order valence-corrected chi connectivity index (χ3v) is 3.26. The minimum atomic E-state index is -0.144. The van der Waals surface area contributed by atoms with E-state index in [1.807, 2.05) is 24.0 Å². The molecule has 0 radical (unpaired) electrons. The molecule has 0 saturated carbocycles. The van der Waals surface area contributed by atoms with E-state index in [1.54, 1.807) is 13.2 Å². The first-order valence-corrected chi connectivity index (χ1v) is 6.82. The number of hydrogen-bond acceptors (Lipinski definition) is 4. The molecule has 1 amide bonds. The van der Waals surface area contributed by atoms with Gasteiger partial charge >= 0.3 is 0 Å². The summed E-state index contributed by atoms with van der Waals surface area (Å²) in [6.07, 6.45) is 0. The maximum Gasteiger partial charge on any atom is 0.238 e. The summed E-state index contributed by atoms with van der Waals surface area (Å²) in [5.74, 6) is -0.144. The zero-order chi connectivity index (χ0) is 15.0. The number of nitrogens with one attached hydrogen (secondary N) is 1. The lowest BCUT2D eigenvalue weighted by Crippen LogP contribution is -2.37. The zero-order valence-electron chi connectivity index (χ0n) is 11.9. The van der Waals surface area contributed by atoms with Gasteiger partial charge in [0.2, 0.25) is 5.91 Å². The van der Waals surface area contributed by atoms with Gasteiger partial charge in [0.1, 0.15) is 0 Å². The highest BCUT2D eigenvalue weighted by atomic mass is 35.5. The van der Waals surface area contributed by atoms with Crippen LogP contribution in [0.3, 0.4) is 0 Å². The molecule has 0 aliphatic carbocycles. The second-order valence-electron chi connectivity index (χ2n) is 4.50. The van der Waals surface area contributed by atoms with Crippen LogP contribution in [0, 0.1) is 6.92 Å². The topological polar surface area (TPSA) is 61.8 Å². The number of carbonyl (C=O) groups is 1. The lowest BCUT2D eigenvalue weighted by atomic mass is 10.2. The van der Waals surface area contributed by atoms with Crippen molar-refractivity contribution in [2.45, 2.75) is 6.92 Å². The largest absolute Gasteiger partial charge is 0.395 e. The van der Waals surface area contributed by atoms with Crippen molar-refractivity contribution in [2.75, 3.05) is 45.3 Å². The van der Waals surface area contributed by atoms with E-state index < -0.39 is 0 Å². The van der Waals surface area contributed by atoms with Crippen molar-refractivity contribution in [3.05, 3.63) is 28.8 Å². The summed E-state index contributed by atoms with van der Waals surface area (Å²) in [6, 6.07) is 5.39. The van der Waals surface area contributed by atoms with Crippen molar-refractivity contribution in [1.82, 2.24) is 4.90 Å². The molecule has 0 atom stereocenters. The Labute approximate surface area is 124 Å². The Kier molecular flexibility index (Phi) is 7.54. The molecule has 112 valence electrons. The second-order valence-corrected chi connectivity index (χ2v) is 4.91. The summed E-state index contributed by atoms with van der Waals surface area (Å²) >= 11 is 6.01. The number of methoxy groups -OCH3 is 1. The Morgan fingerprint density at radius 2 is 2.20 bits per heavy atom. The van der Waals surface area contributed by atoms with Crippen molar-refractivity contribution >= 4 is 23.2 Å². The molecule has 1 rings (SSSR count). The number of hydrogen-bond donors (Lipinski definition) is 2. The fraction of sp³-hybridized carbons (Fsp3) is 0.500. The Morgan fingerprint density at radius 3 is 2.80 bits per heavy atom. The maximum absolute atomic E-state index is 11.9. The van der Waals surface area contributed by atoms with E-state index in [2.05, 4.69) is 5.32 Å². The third-order valence-electron chi connectivity index (χ3n) is 2.85. The Morgan fingerprint density at radius 1 is 1.45 bits per heavy atom. The monoisotopic (exact) mass is 300 g/mol. The summed E-state index contributed by atoms with van der Waals surface area (Å²) in [5.41, 5.74) is 1.63. The summed E-state index contributed by atoms with van der Waals surface area (Å²) in [4.78, 5) is 13.8. The van der Waals surface area contributed by atoms with Crippen LogP contribution < -0.4 is 5.32 Å². The number of nitrogens with zero attached hydrogens (tertiary/aromatic N) is 1. The van der Waals surface area contributed by atoms with Crippen LogP contribution in [0.25, 0.3) is 0 Å².